The molecule has 5 heteroatoms. The number of carbonyl (C=O) groups excluding carboxylic acids is 1. The van der Waals surface area contributed by atoms with Gasteiger partial charge in [-0.15, -0.1) is 0 Å². The van der Waals surface area contributed by atoms with E-state index in [0.29, 0.717) is 15.7 Å². The van der Waals surface area contributed by atoms with Crippen LogP contribution in [0.3, 0.4) is 0 Å². The molecule has 0 spiro atoms. The topological polar surface area (TPSA) is 29.1 Å². The number of amides is 1. The van der Waals surface area contributed by atoms with E-state index in [2.05, 4.69) is 21.2 Å². The predicted octanol–water partition coefficient (Wildman–Crippen LogP) is 4.10. The minimum absolute atomic E-state index is 0.00104. The second-order valence-corrected chi connectivity index (χ2v) is 5.24. The van der Waals surface area contributed by atoms with Gasteiger partial charge in [0.05, 0.1) is 15.7 Å². The van der Waals surface area contributed by atoms with E-state index in [1.54, 1.807) is 12.1 Å². The van der Waals surface area contributed by atoms with Crippen molar-refractivity contribution in [1.29, 1.82) is 0 Å². The molecule has 2 rings (SSSR count). The van der Waals surface area contributed by atoms with Gasteiger partial charge in [-0.2, -0.15) is 0 Å². The predicted molar refractivity (Wildman–Crippen MR) is 65.5 cm³/mol. The number of rotatable bonds is 2. The summed E-state index contributed by atoms with van der Waals surface area (Å²) >= 11 is 15.2. The van der Waals surface area contributed by atoms with Crippen LogP contribution < -0.4 is 5.32 Å². The first-order valence-corrected chi connectivity index (χ1v) is 6.08. The molecule has 80 valence electrons. The van der Waals surface area contributed by atoms with E-state index in [9.17, 15) is 4.79 Å². The largest absolute Gasteiger partial charge is 0.323 e. The van der Waals surface area contributed by atoms with Crippen LogP contribution in [0.15, 0.2) is 16.6 Å². The number of hydrogen-bond acceptors (Lipinski definition) is 1. The van der Waals surface area contributed by atoms with Crippen molar-refractivity contribution in [3.63, 3.8) is 0 Å². The second kappa shape index (κ2) is 4.32. The fraction of sp³-hybridized carbons (Fsp3) is 0.300. The Morgan fingerprint density at radius 1 is 1.33 bits per heavy atom. The first kappa shape index (κ1) is 11.2. The minimum Gasteiger partial charge on any atom is -0.323 e. The Bertz CT molecular complexity index is 395. The quantitative estimate of drug-likeness (QED) is 0.875. The molecule has 1 fully saturated rings. The summed E-state index contributed by atoms with van der Waals surface area (Å²) in [6, 6.07) is 3.41. The van der Waals surface area contributed by atoms with E-state index in [-0.39, 0.29) is 11.8 Å². The molecule has 0 bridgehead atoms. The van der Waals surface area contributed by atoms with Crippen LogP contribution >= 0.6 is 39.1 Å². The highest BCUT2D eigenvalue weighted by atomic mass is 79.9. The van der Waals surface area contributed by atoms with E-state index in [4.69, 9.17) is 23.2 Å². The molecule has 1 aromatic carbocycles. The maximum absolute atomic E-state index is 11.5. The highest BCUT2D eigenvalue weighted by molar-refractivity contribution is 9.10. The average molecular weight is 309 g/mol. The summed E-state index contributed by atoms with van der Waals surface area (Å²) < 4.78 is 0.793. The zero-order valence-electron chi connectivity index (χ0n) is 7.69. The smallest absolute Gasteiger partial charge is 0.227 e. The van der Waals surface area contributed by atoms with Gasteiger partial charge in [0.25, 0.3) is 0 Å². The van der Waals surface area contributed by atoms with E-state index in [0.717, 1.165) is 17.3 Å². The molecule has 1 saturated carbocycles. The molecule has 0 aromatic heterocycles. The average Bonchev–Trinajstić information content (AvgIpc) is 2.93. The van der Waals surface area contributed by atoms with Crippen molar-refractivity contribution in [2.24, 2.45) is 5.92 Å². The zero-order chi connectivity index (χ0) is 11.0. The third-order valence-corrected chi connectivity index (χ3v) is 3.26. The Morgan fingerprint density at radius 3 is 2.33 bits per heavy atom. The van der Waals surface area contributed by atoms with Crippen molar-refractivity contribution < 1.29 is 4.79 Å². The van der Waals surface area contributed by atoms with Gasteiger partial charge in [-0.3, -0.25) is 4.79 Å². The maximum atomic E-state index is 11.5. The molecule has 0 atom stereocenters. The summed E-state index contributed by atoms with van der Waals surface area (Å²) in [5, 5.41) is 3.64. The number of nitrogens with one attached hydrogen (secondary N) is 1. The van der Waals surface area contributed by atoms with Gasteiger partial charge in [-0.05, 0) is 25.0 Å². The van der Waals surface area contributed by atoms with Gasteiger partial charge in [0.1, 0.15) is 0 Å². The molecular formula is C10H8BrCl2NO. The normalized spacial score (nSPS) is 15.1. The molecule has 15 heavy (non-hydrogen) atoms. The Balaban J connectivity index is 2.23. The minimum atomic E-state index is 0.00104. The summed E-state index contributed by atoms with van der Waals surface area (Å²) in [4.78, 5) is 11.5. The van der Waals surface area contributed by atoms with Crippen molar-refractivity contribution in [3.05, 3.63) is 26.7 Å². The number of halogens is 3. The van der Waals surface area contributed by atoms with Gasteiger partial charge in [0, 0.05) is 10.4 Å². The summed E-state index contributed by atoms with van der Waals surface area (Å²) in [5.41, 5.74) is 0.499. The molecule has 1 N–H and O–H groups in total. The van der Waals surface area contributed by atoms with Crippen molar-refractivity contribution in [1.82, 2.24) is 0 Å². The van der Waals surface area contributed by atoms with E-state index in [1.165, 1.54) is 0 Å². The first-order valence-electron chi connectivity index (χ1n) is 4.53. The van der Waals surface area contributed by atoms with Crippen LogP contribution in [0.1, 0.15) is 12.8 Å². The Hall–Kier alpha value is -0.250. The summed E-state index contributed by atoms with van der Waals surface area (Å²) in [6.07, 6.45) is 1.91. The summed E-state index contributed by atoms with van der Waals surface area (Å²) in [7, 11) is 0. The van der Waals surface area contributed by atoms with Crippen LogP contribution in [0, 0.1) is 5.92 Å². The highest BCUT2D eigenvalue weighted by Crippen LogP contribution is 2.36. The lowest BCUT2D eigenvalue weighted by atomic mass is 10.3. The van der Waals surface area contributed by atoms with Gasteiger partial charge < -0.3 is 5.32 Å². The van der Waals surface area contributed by atoms with Crippen LogP contribution in [0.4, 0.5) is 5.69 Å². The van der Waals surface area contributed by atoms with Crippen LogP contribution in [0.2, 0.25) is 10.0 Å². The number of anilines is 1. The summed E-state index contributed by atoms with van der Waals surface area (Å²) in [5.74, 6) is 0.141. The van der Waals surface area contributed by atoms with Crippen LogP contribution in [0.5, 0.6) is 0 Å². The van der Waals surface area contributed by atoms with Gasteiger partial charge in [0.15, 0.2) is 0 Å². The third kappa shape index (κ3) is 2.65. The molecule has 0 heterocycles. The fourth-order valence-corrected chi connectivity index (χ4v) is 2.54. The summed E-state index contributed by atoms with van der Waals surface area (Å²) in [6.45, 7) is 0. The van der Waals surface area contributed by atoms with Crippen LogP contribution in [-0.4, -0.2) is 5.91 Å². The van der Waals surface area contributed by atoms with Crippen LogP contribution in [-0.2, 0) is 4.79 Å². The van der Waals surface area contributed by atoms with Gasteiger partial charge >= 0.3 is 0 Å². The SMILES string of the molecule is O=C(Nc1c(Cl)cc(Br)cc1Cl)C1CC1. The molecular weight excluding hydrogens is 301 g/mol. The lowest BCUT2D eigenvalue weighted by molar-refractivity contribution is -0.117. The van der Waals surface area contributed by atoms with E-state index >= 15 is 0 Å². The molecule has 1 aliphatic carbocycles. The second-order valence-electron chi connectivity index (χ2n) is 3.51. The highest BCUT2D eigenvalue weighted by Gasteiger charge is 2.30. The first-order chi connectivity index (χ1) is 7.08. The Kier molecular flexibility index (Phi) is 3.24. The molecule has 0 unspecified atom stereocenters. The van der Waals surface area contributed by atoms with Crippen molar-refractivity contribution in [3.8, 4) is 0 Å². The lowest BCUT2D eigenvalue weighted by Crippen LogP contribution is -2.13. The molecule has 0 aliphatic heterocycles. The molecule has 0 radical (unpaired) electrons. The number of hydrogen-bond donors (Lipinski definition) is 1. The Labute approximate surface area is 106 Å². The maximum Gasteiger partial charge on any atom is 0.227 e. The molecule has 2 nitrogen and oxygen atoms in total. The molecule has 1 aliphatic rings. The van der Waals surface area contributed by atoms with Crippen molar-refractivity contribution in [2.45, 2.75) is 12.8 Å². The van der Waals surface area contributed by atoms with Crippen molar-refractivity contribution in [2.75, 3.05) is 5.32 Å². The van der Waals surface area contributed by atoms with Gasteiger partial charge in [0.2, 0.25) is 5.91 Å². The zero-order valence-corrected chi connectivity index (χ0v) is 10.8. The standard InChI is InChI=1S/C10H8BrCl2NO/c11-6-3-7(12)9(8(13)4-6)14-10(15)5-1-2-5/h3-5H,1-2H2,(H,14,15). The van der Waals surface area contributed by atoms with Gasteiger partial charge in [-0.25, -0.2) is 0 Å². The number of carbonyl (C=O) groups is 1. The number of benzene rings is 1. The van der Waals surface area contributed by atoms with E-state index in [1.807, 2.05) is 0 Å². The Morgan fingerprint density at radius 2 is 1.87 bits per heavy atom. The monoisotopic (exact) mass is 307 g/mol. The lowest BCUT2D eigenvalue weighted by Gasteiger charge is -2.09. The van der Waals surface area contributed by atoms with Crippen molar-refractivity contribution >= 4 is 50.7 Å². The molecule has 0 saturated heterocycles. The van der Waals surface area contributed by atoms with Gasteiger partial charge in [-0.1, -0.05) is 39.1 Å². The fourth-order valence-electron chi connectivity index (χ4n) is 1.23. The molecule has 1 aromatic rings. The van der Waals surface area contributed by atoms with E-state index < -0.39 is 0 Å². The third-order valence-electron chi connectivity index (χ3n) is 2.20. The molecule has 1 amide bonds. The van der Waals surface area contributed by atoms with Crippen LogP contribution in [0.25, 0.3) is 0 Å².